The standard InChI is InChI=1S/C33H44N4O4S/c1-4-36(5-2)25-17-15-24(16-18-25)35-31(40)29-33-22(3)21-26(42-33)27(30(39)34-23-13-9-8-10-14-23)28(33)32(41)37(29)19-11-6-7-12-20-38/h8-10,13-18,22,26-29,38H,4-7,11-12,19-21H2,1-3H3,(H,34,39)(H,35,40)/t22?,26-,27+,28+,29?,33?/m1/s1. The van der Waals surface area contributed by atoms with Gasteiger partial charge in [0.25, 0.3) is 0 Å². The van der Waals surface area contributed by atoms with Gasteiger partial charge in [0.15, 0.2) is 0 Å². The number of carbonyl (C=O) groups excluding carboxylic acids is 3. The van der Waals surface area contributed by atoms with Crippen LogP contribution in [-0.2, 0) is 14.4 Å². The van der Waals surface area contributed by atoms with Crippen molar-refractivity contribution in [3.8, 4) is 0 Å². The topological polar surface area (TPSA) is 102 Å². The summed E-state index contributed by atoms with van der Waals surface area (Å²) in [6, 6.07) is 16.6. The van der Waals surface area contributed by atoms with Crippen molar-refractivity contribution in [1.82, 2.24) is 4.90 Å². The van der Waals surface area contributed by atoms with Crippen LogP contribution in [0.15, 0.2) is 54.6 Å². The second-order valence-electron chi connectivity index (χ2n) is 11.8. The Bertz CT molecular complexity index is 1250. The van der Waals surface area contributed by atoms with E-state index in [0.29, 0.717) is 17.9 Å². The molecule has 42 heavy (non-hydrogen) atoms. The summed E-state index contributed by atoms with van der Waals surface area (Å²) in [5, 5.41) is 15.4. The summed E-state index contributed by atoms with van der Waals surface area (Å²) in [5.74, 6) is -1.31. The number of nitrogens with zero attached hydrogens (tertiary/aromatic N) is 2. The third-order valence-corrected chi connectivity index (χ3v) is 11.5. The van der Waals surface area contributed by atoms with Gasteiger partial charge in [-0.15, -0.1) is 11.8 Å². The number of fused-ring (bicyclic) bond motifs is 1. The van der Waals surface area contributed by atoms with Crippen molar-refractivity contribution < 1.29 is 19.5 Å². The van der Waals surface area contributed by atoms with Crippen molar-refractivity contribution in [2.75, 3.05) is 41.8 Å². The Morgan fingerprint density at radius 3 is 2.26 bits per heavy atom. The lowest BCUT2D eigenvalue weighted by atomic mass is 9.66. The molecule has 6 atom stereocenters. The number of thioether (sulfide) groups is 1. The Morgan fingerprint density at radius 2 is 1.60 bits per heavy atom. The van der Waals surface area contributed by atoms with Crippen LogP contribution in [0.25, 0.3) is 0 Å². The van der Waals surface area contributed by atoms with Gasteiger partial charge >= 0.3 is 0 Å². The van der Waals surface area contributed by atoms with Gasteiger partial charge in [-0.05, 0) is 75.4 Å². The van der Waals surface area contributed by atoms with Crippen molar-refractivity contribution in [2.24, 2.45) is 17.8 Å². The lowest BCUT2D eigenvalue weighted by molar-refractivity contribution is -0.138. The highest BCUT2D eigenvalue weighted by molar-refractivity contribution is 8.02. The number of unbranched alkanes of at least 4 members (excludes halogenated alkanes) is 3. The van der Waals surface area contributed by atoms with Gasteiger partial charge in [-0.3, -0.25) is 14.4 Å². The Morgan fingerprint density at radius 1 is 0.952 bits per heavy atom. The fourth-order valence-corrected chi connectivity index (χ4v) is 9.83. The second kappa shape index (κ2) is 13.1. The third-order valence-electron chi connectivity index (χ3n) is 9.41. The zero-order valence-electron chi connectivity index (χ0n) is 24.9. The molecule has 2 bridgehead atoms. The van der Waals surface area contributed by atoms with Crippen molar-refractivity contribution in [2.45, 2.75) is 68.9 Å². The van der Waals surface area contributed by atoms with Crippen LogP contribution in [0.3, 0.4) is 0 Å². The minimum Gasteiger partial charge on any atom is -0.396 e. The molecule has 2 aromatic rings. The highest BCUT2D eigenvalue weighted by Gasteiger charge is 2.75. The molecule has 3 aliphatic heterocycles. The zero-order chi connectivity index (χ0) is 29.9. The van der Waals surface area contributed by atoms with Crippen LogP contribution in [-0.4, -0.2) is 70.0 Å². The van der Waals surface area contributed by atoms with E-state index < -0.39 is 22.6 Å². The molecular weight excluding hydrogens is 548 g/mol. The molecule has 9 heteroatoms. The predicted molar refractivity (Wildman–Crippen MR) is 170 cm³/mol. The van der Waals surface area contributed by atoms with Crippen molar-refractivity contribution >= 4 is 46.5 Å². The molecule has 3 fully saturated rings. The van der Waals surface area contributed by atoms with E-state index in [1.807, 2.05) is 54.6 Å². The number of aliphatic hydroxyl groups excluding tert-OH is 1. The monoisotopic (exact) mass is 592 g/mol. The number of hydrogen-bond acceptors (Lipinski definition) is 6. The van der Waals surface area contributed by atoms with Crippen LogP contribution in [0.1, 0.15) is 52.9 Å². The molecule has 0 radical (unpaired) electrons. The maximum absolute atomic E-state index is 14.3. The Kier molecular flexibility index (Phi) is 9.47. The maximum atomic E-state index is 14.3. The Labute approximate surface area is 253 Å². The Balaban J connectivity index is 1.42. The van der Waals surface area contributed by atoms with Gasteiger partial charge in [0.1, 0.15) is 6.04 Å². The van der Waals surface area contributed by atoms with Gasteiger partial charge in [0.05, 0.1) is 16.6 Å². The van der Waals surface area contributed by atoms with Crippen molar-refractivity contribution in [3.63, 3.8) is 0 Å². The molecule has 5 rings (SSSR count). The number of hydrogen-bond donors (Lipinski definition) is 3. The van der Waals surface area contributed by atoms with Crippen LogP contribution >= 0.6 is 11.8 Å². The average Bonchev–Trinajstić information content (AvgIpc) is 3.58. The average molecular weight is 593 g/mol. The molecular formula is C33H44N4O4S. The summed E-state index contributed by atoms with van der Waals surface area (Å²) in [7, 11) is 0. The number of nitrogens with one attached hydrogen (secondary N) is 2. The van der Waals surface area contributed by atoms with Crippen molar-refractivity contribution in [1.29, 1.82) is 0 Å². The van der Waals surface area contributed by atoms with E-state index in [1.54, 1.807) is 16.7 Å². The SMILES string of the molecule is CCN(CC)c1ccc(NC(=O)C2N(CCCCCCO)C(=O)[C@@H]3[C@@H](C(=O)Nc4ccccc4)[C@H]4CC(C)C23S4)cc1. The van der Waals surface area contributed by atoms with Crippen LogP contribution in [0.4, 0.5) is 17.1 Å². The van der Waals surface area contributed by atoms with E-state index in [-0.39, 0.29) is 35.5 Å². The Hall–Kier alpha value is -3.04. The molecule has 3 aliphatic rings. The third kappa shape index (κ3) is 5.53. The van der Waals surface area contributed by atoms with Crippen LogP contribution in [0, 0.1) is 17.8 Å². The number of likely N-dealkylation sites (tertiary alicyclic amines) is 1. The lowest BCUT2D eigenvalue weighted by Gasteiger charge is -2.38. The number of anilines is 3. The number of rotatable bonds is 13. The minimum absolute atomic E-state index is 0.00646. The first-order valence-electron chi connectivity index (χ1n) is 15.5. The van der Waals surface area contributed by atoms with E-state index >= 15 is 0 Å². The first kappa shape index (κ1) is 30.4. The summed E-state index contributed by atoms with van der Waals surface area (Å²) in [5.41, 5.74) is 2.52. The van der Waals surface area contributed by atoms with Crippen LogP contribution < -0.4 is 15.5 Å². The highest BCUT2D eigenvalue weighted by atomic mass is 32.2. The summed E-state index contributed by atoms with van der Waals surface area (Å²) in [6.45, 7) is 8.80. The van der Waals surface area contributed by atoms with Crippen LogP contribution in [0.5, 0.6) is 0 Å². The first-order chi connectivity index (χ1) is 20.3. The van der Waals surface area contributed by atoms with Crippen LogP contribution in [0.2, 0.25) is 0 Å². The van der Waals surface area contributed by atoms with E-state index in [4.69, 9.17) is 0 Å². The number of para-hydroxylation sites is 1. The number of carbonyl (C=O) groups is 3. The number of amides is 3. The molecule has 3 heterocycles. The van der Waals surface area contributed by atoms with E-state index in [2.05, 4.69) is 36.3 Å². The molecule has 2 aromatic carbocycles. The summed E-state index contributed by atoms with van der Waals surface area (Å²) < 4.78 is -0.656. The van der Waals surface area contributed by atoms with Gasteiger partial charge < -0.3 is 25.5 Å². The minimum atomic E-state index is -0.658. The first-order valence-corrected chi connectivity index (χ1v) is 16.3. The van der Waals surface area contributed by atoms with Gasteiger partial charge in [-0.25, -0.2) is 0 Å². The second-order valence-corrected chi connectivity index (χ2v) is 13.3. The lowest BCUT2D eigenvalue weighted by Crippen LogP contribution is -2.54. The molecule has 0 aliphatic carbocycles. The summed E-state index contributed by atoms with van der Waals surface area (Å²) in [4.78, 5) is 46.2. The highest BCUT2D eigenvalue weighted by Crippen LogP contribution is 2.68. The molecule has 1 spiro atoms. The molecule has 3 saturated heterocycles. The molecule has 3 N–H and O–H groups in total. The van der Waals surface area contributed by atoms with E-state index in [1.165, 1.54) is 0 Å². The van der Waals surface area contributed by atoms with E-state index in [0.717, 1.165) is 50.9 Å². The maximum Gasteiger partial charge on any atom is 0.248 e. The normalized spacial score (nSPS) is 27.7. The fraction of sp³-hybridized carbons (Fsp3) is 0.545. The molecule has 8 nitrogen and oxygen atoms in total. The number of benzene rings is 2. The molecule has 3 amide bonds. The molecule has 3 unspecified atom stereocenters. The van der Waals surface area contributed by atoms with Gasteiger partial charge in [-0.1, -0.05) is 38.0 Å². The smallest absolute Gasteiger partial charge is 0.248 e. The quantitative estimate of drug-likeness (QED) is 0.283. The van der Waals surface area contributed by atoms with Gasteiger partial charge in [-0.2, -0.15) is 0 Å². The largest absolute Gasteiger partial charge is 0.396 e. The predicted octanol–water partition coefficient (Wildman–Crippen LogP) is 5.00. The summed E-state index contributed by atoms with van der Waals surface area (Å²) >= 11 is 1.69. The van der Waals surface area contributed by atoms with Gasteiger partial charge in [0, 0.05) is 48.6 Å². The summed E-state index contributed by atoms with van der Waals surface area (Å²) in [6.07, 6.45) is 4.02. The van der Waals surface area contributed by atoms with E-state index in [9.17, 15) is 19.5 Å². The zero-order valence-corrected chi connectivity index (χ0v) is 25.7. The fourth-order valence-electron chi connectivity index (χ4n) is 7.41. The molecule has 226 valence electrons. The van der Waals surface area contributed by atoms with Crippen molar-refractivity contribution in [3.05, 3.63) is 54.6 Å². The molecule has 0 aromatic heterocycles. The number of aliphatic hydroxyl groups is 1. The van der Waals surface area contributed by atoms with Gasteiger partial charge in [0.2, 0.25) is 17.7 Å². The molecule has 0 saturated carbocycles.